The molecule has 142 valence electrons. The second-order valence-corrected chi connectivity index (χ2v) is 6.20. The summed E-state index contributed by atoms with van der Waals surface area (Å²) in [5, 5.41) is 11.4. The molecule has 2 aromatic rings. The highest BCUT2D eigenvalue weighted by Gasteiger charge is 2.17. The molecule has 0 aromatic heterocycles. The number of aliphatic carboxylic acids is 1. The number of carboxylic acids is 1. The molecule has 2 N–H and O–H groups in total. The van der Waals surface area contributed by atoms with Crippen LogP contribution in [0.25, 0.3) is 0 Å². The Kier molecular flexibility index (Phi) is 7.67. The van der Waals surface area contributed by atoms with E-state index in [1.54, 1.807) is 24.3 Å². The summed E-state index contributed by atoms with van der Waals surface area (Å²) in [4.78, 5) is 35.5. The van der Waals surface area contributed by atoms with Crippen molar-refractivity contribution in [2.45, 2.75) is 32.1 Å². The van der Waals surface area contributed by atoms with E-state index in [2.05, 4.69) is 5.32 Å². The predicted octanol–water partition coefficient (Wildman–Crippen LogP) is 3.82. The molecule has 0 bridgehead atoms. The van der Waals surface area contributed by atoms with Crippen LogP contribution in [0.3, 0.4) is 0 Å². The van der Waals surface area contributed by atoms with Crippen LogP contribution in [-0.2, 0) is 4.79 Å². The molecule has 0 aliphatic carbocycles. The molecular formula is C21H22FNO4. The van der Waals surface area contributed by atoms with E-state index in [1.165, 1.54) is 24.3 Å². The van der Waals surface area contributed by atoms with Crippen LogP contribution >= 0.6 is 0 Å². The molecule has 0 atom stereocenters. The van der Waals surface area contributed by atoms with E-state index in [4.69, 9.17) is 5.11 Å². The standard InChI is InChI=1S/C21H22FNO4/c22-16-12-10-15(11-13-16)20(26)17-7-4-5-8-18(17)21(27)23-14-6-2-1-3-9-19(24)25/h4-5,7-8,10-13H,1-3,6,9,14H2,(H,23,27)(H,24,25). The molecule has 0 unspecified atom stereocenters. The van der Waals surface area contributed by atoms with Crippen molar-refractivity contribution in [2.24, 2.45) is 0 Å². The first-order valence-electron chi connectivity index (χ1n) is 8.88. The molecule has 2 rings (SSSR count). The molecule has 0 spiro atoms. The zero-order valence-corrected chi connectivity index (χ0v) is 14.9. The van der Waals surface area contributed by atoms with Gasteiger partial charge in [0.25, 0.3) is 5.91 Å². The highest BCUT2D eigenvalue weighted by molar-refractivity contribution is 6.15. The maximum Gasteiger partial charge on any atom is 0.303 e. The molecule has 27 heavy (non-hydrogen) atoms. The Balaban J connectivity index is 1.92. The van der Waals surface area contributed by atoms with Crippen molar-refractivity contribution in [1.29, 1.82) is 0 Å². The number of unbranched alkanes of at least 4 members (excludes halogenated alkanes) is 3. The minimum Gasteiger partial charge on any atom is -0.481 e. The Morgan fingerprint density at radius 2 is 1.48 bits per heavy atom. The summed E-state index contributed by atoms with van der Waals surface area (Å²) in [5.41, 5.74) is 0.857. The summed E-state index contributed by atoms with van der Waals surface area (Å²) in [5.74, 6) is -1.91. The number of carbonyl (C=O) groups is 3. The molecule has 0 saturated carbocycles. The average molecular weight is 371 g/mol. The molecule has 0 fully saturated rings. The van der Waals surface area contributed by atoms with Gasteiger partial charge in [-0.2, -0.15) is 0 Å². The van der Waals surface area contributed by atoms with Gasteiger partial charge in [-0.05, 0) is 43.2 Å². The van der Waals surface area contributed by atoms with Gasteiger partial charge in [-0.1, -0.05) is 31.0 Å². The number of hydrogen-bond donors (Lipinski definition) is 2. The van der Waals surface area contributed by atoms with E-state index in [-0.39, 0.29) is 29.2 Å². The number of carboxylic acid groups (broad SMARTS) is 1. The van der Waals surface area contributed by atoms with Gasteiger partial charge in [0.05, 0.1) is 5.56 Å². The van der Waals surface area contributed by atoms with Gasteiger partial charge >= 0.3 is 5.97 Å². The largest absolute Gasteiger partial charge is 0.481 e. The van der Waals surface area contributed by atoms with E-state index in [0.717, 1.165) is 19.3 Å². The molecular weight excluding hydrogens is 349 g/mol. The van der Waals surface area contributed by atoms with Gasteiger partial charge in [0.15, 0.2) is 5.78 Å². The summed E-state index contributed by atoms with van der Waals surface area (Å²) < 4.78 is 13.0. The Labute approximate surface area is 157 Å². The molecule has 0 aliphatic rings. The summed E-state index contributed by atoms with van der Waals surface area (Å²) in [7, 11) is 0. The number of rotatable bonds is 10. The highest BCUT2D eigenvalue weighted by atomic mass is 19.1. The molecule has 1 amide bonds. The van der Waals surface area contributed by atoms with Crippen LogP contribution in [0.2, 0.25) is 0 Å². The fourth-order valence-electron chi connectivity index (χ4n) is 2.69. The van der Waals surface area contributed by atoms with Crippen LogP contribution in [0.5, 0.6) is 0 Å². The van der Waals surface area contributed by atoms with Crippen molar-refractivity contribution < 1.29 is 23.9 Å². The number of benzene rings is 2. The Morgan fingerprint density at radius 1 is 0.852 bits per heavy atom. The summed E-state index contributed by atoms with van der Waals surface area (Å²) in [6.07, 6.45) is 3.13. The van der Waals surface area contributed by atoms with E-state index in [9.17, 15) is 18.8 Å². The van der Waals surface area contributed by atoms with Crippen molar-refractivity contribution in [1.82, 2.24) is 5.32 Å². The monoisotopic (exact) mass is 371 g/mol. The molecule has 5 nitrogen and oxygen atoms in total. The quantitative estimate of drug-likeness (QED) is 0.491. The Bertz CT molecular complexity index is 802. The van der Waals surface area contributed by atoms with Crippen molar-refractivity contribution in [3.8, 4) is 0 Å². The van der Waals surface area contributed by atoms with Gasteiger partial charge in [-0.25, -0.2) is 4.39 Å². The Hall–Kier alpha value is -3.02. The van der Waals surface area contributed by atoms with E-state index in [0.29, 0.717) is 18.5 Å². The maximum absolute atomic E-state index is 13.0. The second kappa shape index (κ2) is 10.2. The molecule has 0 heterocycles. The van der Waals surface area contributed by atoms with Crippen LogP contribution in [0.4, 0.5) is 4.39 Å². The van der Waals surface area contributed by atoms with Crippen LogP contribution in [0, 0.1) is 5.82 Å². The van der Waals surface area contributed by atoms with Gasteiger partial charge < -0.3 is 10.4 Å². The van der Waals surface area contributed by atoms with Crippen LogP contribution in [-0.4, -0.2) is 29.3 Å². The minimum absolute atomic E-state index is 0.158. The van der Waals surface area contributed by atoms with E-state index in [1.807, 2.05) is 0 Å². The Morgan fingerprint density at radius 3 is 2.15 bits per heavy atom. The van der Waals surface area contributed by atoms with E-state index >= 15 is 0 Å². The summed E-state index contributed by atoms with van der Waals surface area (Å²) in [6, 6.07) is 11.7. The zero-order valence-electron chi connectivity index (χ0n) is 14.9. The minimum atomic E-state index is -0.800. The van der Waals surface area contributed by atoms with Crippen LogP contribution in [0.15, 0.2) is 48.5 Å². The van der Waals surface area contributed by atoms with Gasteiger partial charge in [0.2, 0.25) is 0 Å². The van der Waals surface area contributed by atoms with Gasteiger partial charge in [-0.15, -0.1) is 0 Å². The molecule has 2 aromatic carbocycles. The summed E-state index contributed by atoms with van der Waals surface area (Å²) in [6.45, 7) is 0.449. The number of halogens is 1. The molecule has 6 heteroatoms. The highest BCUT2D eigenvalue weighted by Crippen LogP contribution is 2.15. The van der Waals surface area contributed by atoms with Gasteiger partial charge in [-0.3, -0.25) is 14.4 Å². The van der Waals surface area contributed by atoms with Crippen LogP contribution in [0.1, 0.15) is 58.4 Å². The number of amides is 1. The first-order valence-corrected chi connectivity index (χ1v) is 8.88. The van der Waals surface area contributed by atoms with Gasteiger partial charge in [0.1, 0.15) is 5.82 Å². The smallest absolute Gasteiger partial charge is 0.303 e. The number of hydrogen-bond acceptors (Lipinski definition) is 3. The average Bonchev–Trinajstić information content (AvgIpc) is 2.67. The predicted molar refractivity (Wildman–Crippen MR) is 99.3 cm³/mol. The lowest BCUT2D eigenvalue weighted by molar-refractivity contribution is -0.137. The van der Waals surface area contributed by atoms with Crippen molar-refractivity contribution >= 4 is 17.7 Å². The lowest BCUT2D eigenvalue weighted by Gasteiger charge is -2.10. The third-order valence-electron chi connectivity index (χ3n) is 4.13. The molecule has 0 aliphatic heterocycles. The normalized spacial score (nSPS) is 10.4. The molecule has 0 saturated heterocycles. The zero-order chi connectivity index (χ0) is 19.6. The second-order valence-electron chi connectivity index (χ2n) is 6.20. The number of carbonyl (C=O) groups excluding carboxylic acids is 2. The summed E-state index contributed by atoms with van der Waals surface area (Å²) >= 11 is 0. The van der Waals surface area contributed by atoms with Crippen molar-refractivity contribution in [3.63, 3.8) is 0 Å². The van der Waals surface area contributed by atoms with Crippen LogP contribution < -0.4 is 5.32 Å². The van der Waals surface area contributed by atoms with E-state index < -0.39 is 11.8 Å². The SMILES string of the molecule is O=C(O)CCCCCCNC(=O)c1ccccc1C(=O)c1ccc(F)cc1. The number of ketones is 1. The fraction of sp³-hybridized carbons (Fsp3) is 0.286. The molecule has 0 radical (unpaired) electrons. The number of nitrogens with one attached hydrogen (secondary N) is 1. The third-order valence-corrected chi connectivity index (χ3v) is 4.13. The lowest BCUT2D eigenvalue weighted by atomic mass is 9.98. The van der Waals surface area contributed by atoms with Crippen molar-refractivity contribution in [3.05, 3.63) is 71.0 Å². The fourth-order valence-corrected chi connectivity index (χ4v) is 2.69. The first kappa shape index (κ1) is 20.3. The topological polar surface area (TPSA) is 83.5 Å². The first-order chi connectivity index (χ1) is 13.0. The van der Waals surface area contributed by atoms with Gasteiger partial charge in [0, 0.05) is 24.1 Å². The lowest BCUT2D eigenvalue weighted by Crippen LogP contribution is -2.26. The third kappa shape index (κ3) is 6.33. The maximum atomic E-state index is 13.0. The van der Waals surface area contributed by atoms with Crippen molar-refractivity contribution in [2.75, 3.05) is 6.54 Å².